The summed E-state index contributed by atoms with van der Waals surface area (Å²) >= 11 is 12.9. The van der Waals surface area contributed by atoms with Gasteiger partial charge >= 0.3 is 11.8 Å². The molecule has 0 spiro atoms. The second kappa shape index (κ2) is 12.8. The van der Waals surface area contributed by atoms with Crippen LogP contribution in [0.5, 0.6) is 11.5 Å². The summed E-state index contributed by atoms with van der Waals surface area (Å²) in [7, 11) is 1.53. The number of carbonyl (C=O) groups is 2. The van der Waals surface area contributed by atoms with E-state index >= 15 is 0 Å². The molecule has 1 saturated heterocycles. The topological polar surface area (TPSA) is 88.0 Å². The van der Waals surface area contributed by atoms with Gasteiger partial charge in [0, 0.05) is 44.8 Å². The van der Waals surface area contributed by atoms with Crippen molar-refractivity contribution < 1.29 is 18.7 Å². The number of likely N-dealkylation sites (N-methyl/N-ethyl adjacent to an activating group) is 1. The number of aryl methyl sites for hydroxylation is 1. The fraction of sp³-hybridized carbons (Fsp3) is 0.226. The van der Waals surface area contributed by atoms with Crippen molar-refractivity contribution in [2.45, 2.75) is 13.5 Å². The molecule has 0 aliphatic carbocycles. The smallest absolute Gasteiger partial charge is 0.312 e. The summed E-state index contributed by atoms with van der Waals surface area (Å²) in [5.41, 5.74) is 1.73. The molecule has 0 radical (unpaired) electrons. The molecule has 12 heteroatoms. The van der Waals surface area contributed by atoms with Gasteiger partial charge in [0.2, 0.25) is 0 Å². The first kappa shape index (κ1) is 30.1. The molecule has 4 aromatic rings. The molecular formula is C31H28Cl2FN5O4. The van der Waals surface area contributed by atoms with Gasteiger partial charge in [0.15, 0.2) is 0 Å². The Morgan fingerprint density at radius 3 is 2.33 bits per heavy atom. The van der Waals surface area contributed by atoms with Gasteiger partial charge < -0.3 is 19.4 Å². The zero-order valence-corrected chi connectivity index (χ0v) is 25.0. The third-order valence-electron chi connectivity index (χ3n) is 7.14. The van der Waals surface area contributed by atoms with E-state index < -0.39 is 17.4 Å². The standard InChI is InChI=1S/C31H28Cl2FN5O4/c1-20-16-23(10-11-26(20)34)43-24-9-8-21(25(32)17-24)19-36(2)30(41)31(42)38-14-12-37(13-15-38)27-18-35-39(29(40)28(27)33)22-6-4-3-5-7-22/h3-11,16-18H,12-15,19H2,1-2H3. The van der Waals surface area contributed by atoms with Gasteiger partial charge in [-0.1, -0.05) is 47.5 Å². The number of benzene rings is 3. The number of para-hydroxylation sites is 1. The van der Waals surface area contributed by atoms with Gasteiger partial charge in [0.05, 0.1) is 17.6 Å². The lowest BCUT2D eigenvalue weighted by molar-refractivity contribution is -0.151. The average molecular weight is 625 g/mol. The third kappa shape index (κ3) is 6.65. The Labute approximate surface area is 257 Å². The Morgan fingerprint density at radius 2 is 1.65 bits per heavy atom. The molecule has 0 bridgehead atoms. The van der Waals surface area contributed by atoms with E-state index in [1.807, 2.05) is 11.0 Å². The number of piperazine rings is 1. The van der Waals surface area contributed by atoms with Crippen LogP contribution < -0.4 is 15.2 Å². The largest absolute Gasteiger partial charge is 0.457 e. The van der Waals surface area contributed by atoms with Gasteiger partial charge in [-0.3, -0.25) is 14.4 Å². The van der Waals surface area contributed by atoms with E-state index in [1.165, 1.54) is 39.9 Å². The molecule has 0 atom stereocenters. The highest BCUT2D eigenvalue weighted by atomic mass is 35.5. The van der Waals surface area contributed by atoms with Crippen LogP contribution in [0, 0.1) is 12.7 Å². The average Bonchev–Trinajstić information content (AvgIpc) is 3.01. The van der Waals surface area contributed by atoms with Gasteiger partial charge in [0.25, 0.3) is 5.56 Å². The van der Waals surface area contributed by atoms with Crippen LogP contribution in [0.3, 0.4) is 0 Å². The summed E-state index contributed by atoms with van der Waals surface area (Å²) in [6.07, 6.45) is 1.54. The zero-order valence-electron chi connectivity index (χ0n) is 23.5. The van der Waals surface area contributed by atoms with Crippen LogP contribution in [0.4, 0.5) is 10.1 Å². The maximum Gasteiger partial charge on any atom is 0.312 e. The van der Waals surface area contributed by atoms with Crippen molar-refractivity contribution in [3.05, 3.63) is 110 Å². The maximum absolute atomic E-state index is 13.5. The van der Waals surface area contributed by atoms with Crippen LogP contribution in [0.1, 0.15) is 11.1 Å². The van der Waals surface area contributed by atoms with E-state index in [1.54, 1.807) is 55.5 Å². The number of rotatable bonds is 6. The molecular weight excluding hydrogens is 596 g/mol. The van der Waals surface area contributed by atoms with Gasteiger partial charge in [0.1, 0.15) is 22.3 Å². The SMILES string of the molecule is Cc1cc(Oc2ccc(CN(C)C(=O)C(=O)N3CCN(c4cnn(-c5ccccc5)c(=O)c4Cl)CC3)c(Cl)c2)ccc1F. The molecule has 2 heterocycles. The molecule has 1 fully saturated rings. The third-order valence-corrected chi connectivity index (χ3v) is 7.84. The Balaban J connectivity index is 1.17. The highest BCUT2D eigenvalue weighted by Crippen LogP contribution is 2.29. The van der Waals surface area contributed by atoms with Crippen molar-refractivity contribution in [1.82, 2.24) is 19.6 Å². The minimum Gasteiger partial charge on any atom is -0.457 e. The first-order chi connectivity index (χ1) is 20.6. The van der Waals surface area contributed by atoms with Crippen molar-refractivity contribution in [3.63, 3.8) is 0 Å². The molecule has 5 rings (SSSR count). The molecule has 0 saturated carbocycles. The normalized spacial score (nSPS) is 13.1. The number of aromatic nitrogens is 2. The van der Waals surface area contributed by atoms with Crippen LogP contribution in [-0.2, 0) is 16.1 Å². The number of nitrogens with zero attached hydrogens (tertiary/aromatic N) is 5. The van der Waals surface area contributed by atoms with E-state index in [9.17, 15) is 18.8 Å². The van der Waals surface area contributed by atoms with Gasteiger partial charge in [-0.2, -0.15) is 9.78 Å². The Kier molecular flexibility index (Phi) is 8.98. The fourth-order valence-corrected chi connectivity index (χ4v) is 5.19. The molecule has 1 aromatic heterocycles. The minimum absolute atomic E-state index is 0.0375. The molecule has 43 heavy (non-hydrogen) atoms. The number of hydrogen-bond acceptors (Lipinski definition) is 6. The quantitative estimate of drug-likeness (QED) is 0.278. The number of ether oxygens (including phenoxy) is 1. The number of carbonyl (C=O) groups excluding carboxylic acids is 2. The summed E-state index contributed by atoms with van der Waals surface area (Å²) in [6.45, 7) is 3.04. The number of anilines is 1. The molecule has 1 aliphatic rings. The van der Waals surface area contributed by atoms with E-state index in [-0.39, 0.29) is 30.5 Å². The van der Waals surface area contributed by atoms with Crippen LogP contribution in [0.2, 0.25) is 10.0 Å². The summed E-state index contributed by atoms with van der Waals surface area (Å²) in [4.78, 5) is 43.6. The molecule has 222 valence electrons. The molecule has 2 amide bonds. The Bertz CT molecular complexity index is 1730. The van der Waals surface area contributed by atoms with Crippen molar-refractivity contribution in [2.75, 3.05) is 38.1 Å². The molecule has 3 aromatic carbocycles. The van der Waals surface area contributed by atoms with Crippen molar-refractivity contribution in [1.29, 1.82) is 0 Å². The summed E-state index contributed by atoms with van der Waals surface area (Å²) in [6, 6.07) is 18.4. The second-order valence-electron chi connectivity index (χ2n) is 10.1. The monoisotopic (exact) mass is 623 g/mol. The number of hydrogen-bond donors (Lipinski definition) is 0. The van der Waals surface area contributed by atoms with Crippen molar-refractivity contribution in [2.24, 2.45) is 0 Å². The van der Waals surface area contributed by atoms with Crippen molar-refractivity contribution in [3.8, 4) is 17.2 Å². The van der Waals surface area contributed by atoms with E-state index in [2.05, 4.69) is 5.10 Å². The maximum atomic E-state index is 13.5. The van der Waals surface area contributed by atoms with Crippen LogP contribution in [-0.4, -0.2) is 64.6 Å². The minimum atomic E-state index is -0.670. The fourth-order valence-electron chi connectivity index (χ4n) is 4.71. The molecule has 0 N–H and O–H groups in total. The van der Waals surface area contributed by atoms with Crippen LogP contribution in [0.15, 0.2) is 77.7 Å². The lowest BCUT2D eigenvalue weighted by atomic mass is 10.2. The van der Waals surface area contributed by atoms with Gasteiger partial charge in [-0.05, 0) is 60.5 Å². The Hall–Kier alpha value is -4.41. The Morgan fingerprint density at radius 1 is 0.977 bits per heavy atom. The van der Waals surface area contributed by atoms with Gasteiger partial charge in [-0.15, -0.1) is 0 Å². The number of amides is 2. The van der Waals surface area contributed by atoms with E-state index in [4.69, 9.17) is 27.9 Å². The second-order valence-corrected chi connectivity index (χ2v) is 10.9. The lowest BCUT2D eigenvalue weighted by Gasteiger charge is -2.36. The lowest BCUT2D eigenvalue weighted by Crippen LogP contribution is -2.53. The predicted molar refractivity (Wildman–Crippen MR) is 163 cm³/mol. The number of halogens is 3. The highest BCUT2D eigenvalue weighted by Gasteiger charge is 2.29. The molecule has 9 nitrogen and oxygen atoms in total. The predicted octanol–water partition coefficient (Wildman–Crippen LogP) is 5.09. The van der Waals surface area contributed by atoms with Crippen molar-refractivity contribution >= 4 is 40.7 Å². The van der Waals surface area contributed by atoms with E-state index in [0.717, 1.165) is 0 Å². The van der Waals surface area contributed by atoms with E-state index in [0.29, 0.717) is 52.1 Å². The first-order valence-electron chi connectivity index (χ1n) is 13.5. The summed E-state index contributed by atoms with van der Waals surface area (Å²) < 4.78 is 20.5. The molecule has 0 unspecified atom stereocenters. The van der Waals surface area contributed by atoms with Gasteiger partial charge in [-0.25, -0.2) is 4.39 Å². The zero-order chi connectivity index (χ0) is 30.7. The first-order valence-corrected chi connectivity index (χ1v) is 14.2. The van der Waals surface area contributed by atoms with Crippen LogP contribution >= 0.6 is 23.2 Å². The summed E-state index contributed by atoms with van der Waals surface area (Å²) in [5.74, 6) is -0.700. The van der Waals surface area contributed by atoms with Crippen LogP contribution in [0.25, 0.3) is 5.69 Å². The summed E-state index contributed by atoms with van der Waals surface area (Å²) in [5, 5.41) is 4.67. The highest BCUT2D eigenvalue weighted by molar-refractivity contribution is 6.35. The molecule has 1 aliphatic heterocycles.